The van der Waals surface area contributed by atoms with E-state index < -0.39 is 0 Å². The normalized spacial score (nSPS) is 14.9. The highest BCUT2D eigenvalue weighted by Crippen LogP contribution is 2.26. The largest absolute Gasteiger partial charge is 0.422 e. The highest BCUT2D eigenvalue weighted by molar-refractivity contribution is 5.83. The van der Waals surface area contributed by atoms with Crippen LogP contribution >= 0.6 is 0 Å². The summed E-state index contributed by atoms with van der Waals surface area (Å²) in [6.07, 6.45) is 0. The molecule has 2 aromatic carbocycles. The molecule has 0 bridgehead atoms. The first-order chi connectivity index (χ1) is 14.0. The van der Waals surface area contributed by atoms with E-state index in [1.165, 1.54) is 6.07 Å². The first-order valence-electron chi connectivity index (χ1n) is 9.66. The van der Waals surface area contributed by atoms with E-state index in [1.54, 1.807) is 18.2 Å². The molecule has 1 aliphatic heterocycles. The molecule has 148 valence electrons. The second-order valence-electron chi connectivity index (χ2n) is 7.52. The predicted octanol–water partition coefficient (Wildman–Crippen LogP) is 3.74. The Balaban J connectivity index is 1.51. The number of piperazine rings is 1. The Bertz CT molecular complexity index is 1170. The van der Waals surface area contributed by atoms with Crippen molar-refractivity contribution < 1.29 is 8.81 Å². The maximum atomic E-state index is 14.3. The van der Waals surface area contributed by atoms with Gasteiger partial charge in [-0.2, -0.15) is 5.26 Å². The van der Waals surface area contributed by atoms with Crippen molar-refractivity contribution in [3.63, 3.8) is 0 Å². The summed E-state index contributed by atoms with van der Waals surface area (Å²) in [7, 11) is 0. The molecule has 1 saturated heterocycles. The first-order valence-corrected chi connectivity index (χ1v) is 9.66. The second-order valence-corrected chi connectivity index (χ2v) is 7.52. The van der Waals surface area contributed by atoms with Crippen LogP contribution in [0.15, 0.2) is 45.6 Å². The van der Waals surface area contributed by atoms with E-state index in [1.807, 2.05) is 36.9 Å². The minimum absolute atomic E-state index is 0.324. The molecule has 0 unspecified atom stereocenters. The van der Waals surface area contributed by atoms with Crippen molar-refractivity contribution in [2.75, 3.05) is 31.1 Å². The van der Waals surface area contributed by atoms with Gasteiger partial charge in [0.25, 0.3) is 0 Å². The molecule has 2 heterocycles. The number of halogens is 1. The number of hydrogen-bond acceptors (Lipinski definition) is 5. The molecule has 0 amide bonds. The summed E-state index contributed by atoms with van der Waals surface area (Å²) in [6, 6.07) is 12.2. The van der Waals surface area contributed by atoms with Gasteiger partial charge < -0.3 is 9.32 Å². The maximum absolute atomic E-state index is 14.3. The van der Waals surface area contributed by atoms with E-state index in [4.69, 9.17) is 9.68 Å². The smallest absolute Gasteiger partial charge is 0.336 e. The van der Waals surface area contributed by atoms with Crippen molar-refractivity contribution in [1.29, 1.82) is 5.26 Å². The van der Waals surface area contributed by atoms with E-state index in [-0.39, 0.29) is 11.4 Å². The maximum Gasteiger partial charge on any atom is 0.336 e. The number of rotatable bonds is 3. The fourth-order valence-electron chi connectivity index (χ4n) is 3.88. The van der Waals surface area contributed by atoms with Crippen molar-refractivity contribution in [3.8, 4) is 6.07 Å². The molecule has 1 aliphatic rings. The predicted molar refractivity (Wildman–Crippen MR) is 111 cm³/mol. The fourth-order valence-corrected chi connectivity index (χ4v) is 3.88. The molecule has 0 aliphatic carbocycles. The van der Waals surface area contributed by atoms with Gasteiger partial charge in [0.15, 0.2) is 0 Å². The third-order valence-corrected chi connectivity index (χ3v) is 5.70. The lowest BCUT2D eigenvalue weighted by atomic mass is 10.0. The average molecular weight is 391 g/mol. The quantitative estimate of drug-likeness (QED) is 0.637. The lowest BCUT2D eigenvalue weighted by Gasteiger charge is -2.36. The molecular weight excluding hydrogens is 369 g/mol. The molecular formula is C23H22FN3O2. The van der Waals surface area contributed by atoms with Gasteiger partial charge in [0.05, 0.1) is 17.3 Å². The van der Waals surface area contributed by atoms with Crippen LogP contribution in [0.25, 0.3) is 11.0 Å². The van der Waals surface area contributed by atoms with E-state index in [2.05, 4.69) is 4.90 Å². The number of nitriles is 1. The van der Waals surface area contributed by atoms with Crippen molar-refractivity contribution in [1.82, 2.24) is 4.90 Å². The molecule has 3 aromatic rings. The van der Waals surface area contributed by atoms with Crippen LogP contribution in [0.2, 0.25) is 0 Å². The standard InChI is InChI=1S/C23H22FN3O2/c1-15-3-5-19-18(12-22(28)29-23(19)16(15)2)14-26-7-9-27(10-8-26)21-6-4-17(13-25)11-20(21)24/h3-6,11-12H,7-10,14H2,1-2H3. The van der Waals surface area contributed by atoms with E-state index in [0.717, 1.165) is 35.2 Å². The van der Waals surface area contributed by atoms with Gasteiger partial charge >= 0.3 is 5.63 Å². The Morgan fingerprint density at radius 3 is 2.55 bits per heavy atom. The summed E-state index contributed by atoms with van der Waals surface area (Å²) in [5, 5.41) is 9.87. The molecule has 29 heavy (non-hydrogen) atoms. The van der Waals surface area contributed by atoms with Crippen LogP contribution in [0, 0.1) is 31.0 Å². The molecule has 5 nitrogen and oxygen atoms in total. The number of fused-ring (bicyclic) bond motifs is 1. The van der Waals surface area contributed by atoms with E-state index in [9.17, 15) is 9.18 Å². The van der Waals surface area contributed by atoms with Gasteiger partial charge in [0.2, 0.25) is 0 Å². The third-order valence-electron chi connectivity index (χ3n) is 5.70. The molecule has 1 fully saturated rings. The number of benzene rings is 2. The Hall–Kier alpha value is -3.17. The SMILES string of the molecule is Cc1ccc2c(CN3CCN(c4ccc(C#N)cc4F)CC3)cc(=O)oc2c1C. The van der Waals surface area contributed by atoms with Gasteiger partial charge in [-0.1, -0.05) is 12.1 Å². The molecule has 0 saturated carbocycles. The minimum Gasteiger partial charge on any atom is -0.422 e. The van der Waals surface area contributed by atoms with Crippen molar-refractivity contribution in [2.45, 2.75) is 20.4 Å². The zero-order valence-electron chi connectivity index (χ0n) is 16.5. The Kier molecular flexibility index (Phi) is 5.08. The van der Waals surface area contributed by atoms with Crippen molar-refractivity contribution in [2.24, 2.45) is 0 Å². The lowest BCUT2D eigenvalue weighted by molar-refractivity contribution is 0.249. The van der Waals surface area contributed by atoms with Crippen molar-refractivity contribution >= 4 is 16.7 Å². The molecule has 1 aromatic heterocycles. The number of anilines is 1. The van der Waals surface area contributed by atoms with Gasteiger partial charge in [-0.25, -0.2) is 9.18 Å². The fraction of sp³-hybridized carbons (Fsp3) is 0.304. The molecule has 0 atom stereocenters. The molecule has 4 rings (SSSR count). The van der Waals surface area contributed by atoms with Gasteiger partial charge in [-0.15, -0.1) is 0 Å². The van der Waals surface area contributed by atoms with E-state index in [0.29, 0.717) is 36.5 Å². The summed E-state index contributed by atoms with van der Waals surface area (Å²) < 4.78 is 19.8. The molecule has 0 radical (unpaired) electrons. The highest BCUT2D eigenvalue weighted by Gasteiger charge is 2.21. The topological polar surface area (TPSA) is 60.5 Å². The Morgan fingerprint density at radius 2 is 1.86 bits per heavy atom. The van der Waals surface area contributed by atoms with E-state index >= 15 is 0 Å². The summed E-state index contributed by atoms with van der Waals surface area (Å²) in [5.41, 5.74) is 4.21. The summed E-state index contributed by atoms with van der Waals surface area (Å²) in [5.74, 6) is -0.366. The first kappa shape index (κ1) is 19.2. The number of aryl methyl sites for hydroxylation is 2. The third kappa shape index (κ3) is 3.74. The van der Waals surface area contributed by atoms with Gasteiger partial charge in [-0.05, 0) is 48.7 Å². The highest BCUT2D eigenvalue weighted by atomic mass is 19.1. The monoisotopic (exact) mass is 391 g/mol. The zero-order valence-corrected chi connectivity index (χ0v) is 16.5. The summed E-state index contributed by atoms with van der Waals surface area (Å²) >= 11 is 0. The summed E-state index contributed by atoms with van der Waals surface area (Å²) in [6.45, 7) is 7.49. The van der Waals surface area contributed by atoms with Crippen LogP contribution in [0.3, 0.4) is 0 Å². The van der Waals surface area contributed by atoms with Crippen LogP contribution in [-0.4, -0.2) is 31.1 Å². The molecule has 0 N–H and O–H groups in total. The van der Waals surface area contributed by atoms with Crippen molar-refractivity contribution in [3.05, 3.63) is 74.9 Å². The van der Waals surface area contributed by atoms with Crippen LogP contribution < -0.4 is 10.5 Å². The second kappa shape index (κ2) is 7.69. The van der Waals surface area contributed by atoms with Crippen LogP contribution in [0.5, 0.6) is 0 Å². The van der Waals surface area contributed by atoms with Crippen LogP contribution in [-0.2, 0) is 6.54 Å². The van der Waals surface area contributed by atoms with Gasteiger partial charge in [0, 0.05) is 44.2 Å². The number of hydrogen-bond donors (Lipinski definition) is 0. The Morgan fingerprint density at radius 1 is 1.10 bits per heavy atom. The molecule has 0 spiro atoms. The number of nitrogens with zero attached hydrogens (tertiary/aromatic N) is 3. The lowest BCUT2D eigenvalue weighted by Crippen LogP contribution is -2.46. The van der Waals surface area contributed by atoms with Gasteiger partial charge in [-0.3, -0.25) is 4.90 Å². The summed E-state index contributed by atoms with van der Waals surface area (Å²) in [4.78, 5) is 16.3. The zero-order chi connectivity index (χ0) is 20.5. The van der Waals surface area contributed by atoms with Crippen LogP contribution in [0.4, 0.5) is 10.1 Å². The van der Waals surface area contributed by atoms with Crippen LogP contribution in [0.1, 0.15) is 22.3 Å². The van der Waals surface area contributed by atoms with Gasteiger partial charge in [0.1, 0.15) is 11.4 Å². The molecule has 6 heteroatoms. The minimum atomic E-state index is -0.366. The average Bonchev–Trinajstić information content (AvgIpc) is 2.71. The Labute approximate surface area is 168 Å².